The molecule has 1 aliphatic heterocycles. The van der Waals surface area contributed by atoms with Crippen molar-refractivity contribution in [3.05, 3.63) is 29.8 Å². The van der Waals surface area contributed by atoms with E-state index in [9.17, 15) is 14.4 Å². The van der Waals surface area contributed by atoms with Crippen LogP contribution in [0.25, 0.3) is 0 Å². The number of amides is 2. The topological polar surface area (TPSA) is 140 Å². The van der Waals surface area contributed by atoms with Crippen molar-refractivity contribution < 1.29 is 24.2 Å². The molecule has 1 saturated heterocycles. The van der Waals surface area contributed by atoms with Crippen LogP contribution in [-0.4, -0.2) is 73.1 Å². The van der Waals surface area contributed by atoms with Crippen molar-refractivity contribution in [2.24, 2.45) is 5.41 Å². The Morgan fingerprint density at radius 2 is 1.86 bits per heavy atom. The van der Waals surface area contributed by atoms with Gasteiger partial charge in [-0.2, -0.15) is 0 Å². The average molecular weight is 505 g/mol. The molecule has 35 heavy (non-hydrogen) atoms. The lowest BCUT2D eigenvalue weighted by Gasteiger charge is -2.30. The Labute approximate surface area is 208 Å². The van der Waals surface area contributed by atoms with Gasteiger partial charge in [-0.15, -0.1) is 5.10 Å². The van der Waals surface area contributed by atoms with Crippen molar-refractivity contribution in [3.8, 4) is 5.75 Å². The van der Waals surface area contributed by atoms with E-state index < -0.39 is 12.1 Å². The van der Waals surface area contributed by atoms with Crippen molar-refractivity contribution in [2.45, 2.75) is 63.4 Å². The standard InChI is InChI=1S/C23H32N6O5S/c1-23(2,3)11-12-24-20(32)16-4-6-17(7-5-16)34-22(33)28-13-8-18(9-14-28)35-21-25-26-27-29(21)15-10-19(30)31/h4-7,18H,8-15H2,1-3H3,(H,24,32)(H,30,31). The fourth-order valence-electron chi connectivity index (χ4n) is 3.42. The highest BCUT2D eigenvalue weighted by atomic mass is 32.2. The van der Waals surface area contributed by atoms with Crippen LogP contribution in [-0.2, 0) is 11.3 Å². The van der Waals surface area contributed by atoms with E-state index in [0.29, 0.717) is 36.1 Å². The molecule has 11 nitrogen and oxygen atoms in total. The number of tetrazole rings is 1. The second-order valence-corrected chi connectivity index (χ2v) is 10.9. The summed E-state index contributed by atoms with van der Waals surface area (Å²) in [5, 5.41) is 24.0. The van der Waals surface area contributed by atoms with Gasteiger partial charge in [0.05, 0.1) is 13.0 Å². The van der Waals surface area contributed by atoms with Gasteiger partial charge in [-0.25, -0.2) is 9.48 Å². The summed E-state index contributed by atoms with van der Waals surface area (Å²) in [5.74, 6) is -0.673. The van der Waals surface area contributed by atoms with Gasteiger partial charge in [-0.3, -0.25) is 9.59 Å². The van der Waals surface area contributed by atoms with Gasteiger partial charge >= 0.3 is 12.1 Å². The number of carboxylic acids is 1. The number of carbonyl (C=O) groups is 3. The van der Waals surface area contributed by atoms with Gasteiger partial charge in [0.15, 0.2) is 0 Å². The number of ether oxygens (including phenoxy) is 1. The van der Waals surface area contributed by atoms with Gasteiger partial charge in [-0.05, 0) is 59.4 Å². The Bertz CT molecular complexity index is 1010. The first-order valence-electron chi connectivity index (χ1n) is 11.6. The molecule has 0 unspecified atom stereocenters. The van der Waals surface area contributed by atoms with Crippen LogP contribution in [0.15, 0.2) is 29.4 Å². The molecule has 0 bridgehead atoms. The highest BCUT2D eigenvalue weighted by molar-refractivity contribution is 7.99. The predicted molar refractivity (Wildman–Crippen MR) is 129 cm³/mol. The molecule has 12 heteroatoms. The molecule has 0 atom stereocenters. The van der Waals surface area contributed by atoms with E-state index in [4.69, 9.17) is 9.84 Å². The summed E-state index contributed by atoms with van der Waals surface area (Å²) < 4.78 is 6.98. The van der Waals surface area contributed by atoms with Gasteiger partial charge in [0.1, 0.15) is 5.75 Å². The van der Waals surface area contributed by atoms with E-state index in [2.05, 4.69) is 41.6 Å². The SMILES string of the molecule is CC(C)(C)CCNC(=O)c1ccc(OC(=O)N2CCC(Sc3nnnn3CCC(=O)O)CC2)cc1. The summed E-state index contributed by atoms with van der Waals surface area (Å²) in [4.78, 5) is 37.3. The molecule has 2 amide bonds. The summed E-state index contributed by atoms with van der Waals surface area (Å²) in [6.07, 6.45) is 1.87. The maximum Gasteiger partial charge on any atom is 0.415 e. The molecule has 1 aromatic carbocycles. The van der Waals surface area contributed by atoms with Gasteiger partial charge < -0.3 is 20.1 Å². The molecular weight excluding hydrogens is 472 g/mol. The summed E-state index contributed by atoms with van der Waals surface area (Å²) >= 11 is 1.50. The van der Waals surface area contributed by atoms with E-state index in [1.165, 1.54) is 16.4 Å². The molecule has 1 fully saturated rings. The molecular formula is C23H32N6O5S. The third-order valence-corrected chi connectivity index (χ3v) is 6.80. The third-order valence-electron chi connectivity index (χ3n) is 5.49. The molecule has 0 aliphatic carbocycles. The number of aliphatic carboxylic acids is 1. The maximum atomic E-state index is 12.6. The van der Waals surface area contributed by atoms with Crippen molar-refractivity contribution in [1.29, 1.82) is 0 Å². The summed E-state index contributed by atoms with van der Waals surface area (Å²) in [5.41, 5.74) is 0.666. The molecule has 0 saturated carbocycles. The number of rotatable bonds is 9. The van der Waals surface area contributed by atoms with Crippen molar-refractivity contribution in [3.63, 3.8) is 0 Å². The number of aromatic nitrogens is 4. The second-order valence-electron chi connectivity index (χ2n) is 9.59. The fraction of sp³-hybridized carbons (Fsp3) is 0.565. The molecule has 190 valence electrons. The lowest BCUT2D eigenvalue weighted by molar-refractivity contribution is -0.137. The van der Waals surface area contributed by atoms with Crippen LogP contribution in [0.4, 0.5) is 4.79 Å². The minimum absolute atomic E-state index is 0.0499. The number of nitrogens with zero attached hydrogens (tertiary/aromatic N) is 5. The number of hydrogen-bond acceptors (Lipinski definition) is 8. The number of benzene rings is 1. The number of carboxylic acid groups (broad SMARTS) is 1. The van der Waals surface area contributed by atoms with Gasteiger partial charge in [-0.1, -0.05) is 32.5 Å². The Morgan fingerprint density at radius 1 is 1.17 bits per heavy atom. The number of carbonyl (C=O) groups excluding carboxylic acids is 2. The predicted octanol–water partition coefficient (Wildman–Crippen LogP) is 3.07. The van der Waals surface area contributed by atoms with E-state index >= 15 is 0 Å². The molecule has 3 rings (SSSR count). The van der Waals surface area contributed by atoms with Crippen LogP contribution < -0.4 is 10.1 Å². The van der Waals surface area contributed by atoms with Gasteiger partial charge in [0.25, 0.3) is 5.91 Å². The number of aryl methyl sites for hydroxylation is 1. The van der Waals surface area contributed by atoms with Crippen molar-refractivity contribution >= 4 is 29.7 Å². The Morgan fingerprint density at radius 3 is 2.49 bits per heavy atom. The minimum Gasteiger partial charge on any atom is -0.481 e. The van der Waals surface area contributed by atoms with Crippen molar-refractivity contribution in [1.82, 2.24) is 30.4 Å². The molecule has 0 radical (unpaired) electrons. The number of nitrogens with one attached hydrogen (secondary N) is 1. The van der Waals surface area contributed by atoms with Crippen LogP contribution in [0.5, 0.6) is 5.75 Å². The summed E-state index contributed by atoms with van der Waals surface area (Å²) in [6, 6.07) is 6.53. The fourth-order valence-corrected chi connectivity index (χ4v) is 4.50. The average Bonchev–Trinajstić information content (AvgIpc) is 3.24. The van der Waals surface area contributed by atoms with Crippen molar-refractivity contribution in [2.75, 3.05) is 19.6 Å². The van der Waals surface area contributed by atoms with E-state index in [-0.39, 0.29) is 29.5 Å². The lowest BCUT2D eigenvalue weighted by atomic mass is 9.92. The minimum atomic E-state index is -0.905. The van der Waals surface area contributed by atoms with Crippen LogP contribution >= 0.6 is 11.8 Å². The maximum absolute atomic E-state index is 12.6. The number of likely N-dealkylation sites (tertiary alicyclic amines) is 1. The van der Waals surface area contributed by atoms with E-state index in [1.54, 1.807) is 29.2 Å². The lowest BCUT2D eigenvalue weighted by Crippen LogP contribution is -2.41. The zero-order chi connectivity index (χ0) is 25.4. The first-order valence-corrected chi connectivity index (χ1v) is 12.5. The highest BCUT2D eigenvalue weighted by Crippen LogP contribution is 2.29. The first kappa shape index (κ1) is 26.5. The van der Waals surface area contributed by atoms with Gasteiger partial charge in [0, 0.05) is 30.4 Å². The summed E-state index contributed by atoms with van der Waals surface area (Å²) in [6.45, 7) is 8.25. The molecule has 2 heterocycles. The first-order chi connectivity index (χ1) is 16.6. The second kappa shape index (κ2) is 12.0. The number of thioether (sulfide) groups is 1. The van der Waals surface area contributed by atoms with Crippen LogP contribution in [0.1, 0.15) is 56.8 Å². The number of hydrogen-bond donors (Lipinski definition) is 2. The Hall–Kier alpha value is -3.15. The monoisotopic (exact) mass is 504 g/mol. The van der Waals surface area contributed by atoms with Crippen LogP contribution in [0.2, 0.25) is 0 Å². The molecule has 2 N–H and O–H groups in total. The Balaban J connectivity index is 1.43. The smallest absolute Gasteiger partial charge is 0.415 e. The quantitative estimate of drug-likeness (QED) is 0.527. The number of piperidine rings is 1. The van der Waals surface area contributed by atoms with Crippen LogP contribution in [0, 0.1) is 5.41 Å². The highest BCUT2D eigenvalue weighted by Gasteiger charge is 2.26. The molecule has 2 aromatic rings. The zero-order valence-corrected chi connectivity index (χ0v) is 21.1. The molecule has 1 aliphatic rings. The largest absolute Gasteiger partial charge is 0.481 e. The molecule has 0 spiro atoms. The zero-order valence-electron chi connectivity index (χ0n) is 20.3. The van der Waals surface area contributed by atoms with Gasteiger partial charge in [0.2, 0.25) is 5.16 Å². The molecule has 1 aromatic heterocycles. The normalized spacial score (nSPS) is 14.5. The summed E-state index contributed by atoms with van der Waals surface area (Å²) in [7, 11) is 0. The van der Waals surface area contributed by atoms with E-state index in [0.717, 1.165) is 19.3 Å². The third kappa shape index (κ3) is 8.53. The Kier molecular flexibility index (Phi) is 9.07. The van der Waals surface area contributed by atoms with E-state index in [1.807, 2.05) is 0 Å². The van der Waals surface area contributed by atoms with Crippen LogP contribution in [0.3, 0.4) is 0 Å².